The van der Waals surface area contributed by atoms with Crippen LogP contribution in [0.5, 0.6) is 0 Å². The molecule has 1 aliphatic rings. The molecule has 1 rings (SSSR count). The number of rotatable bonds is 6. The monoisotopic (exact) mass is 240 g/mol. The van der Waals surface area contributed by atoms with Gasteiger partial charge < -0.3 is 10.2 Å². The second kappa shape index (κ2) is 6.75. The molecule has 0 spiro atoms. The number of nitrogens with one attached hydrogen (secondary N) is 1. The van der Waals surface area contributed by atoms with E-state index in [4.69, 9.17) is 0 Å². The fourth-order valence-electron chi connectivity index (χ4n) is 3.13. The standard InChI is InChI=1S/C15H32N2/c1-6-10-16-14-9-7-8-13(14)11-17(5)12-15(2,3)4/h13-14,16H,6-12H2,1-5H3. The molecule has 0 aliphatic heterocycles. The second-order valence-electron chi connectivity index (χ2n) is 7.01. The van der Waals surface area contributed by atoms with E-state index in [1.165, 1.54) is 45.3 Å². The maximum atomic E-state index is 3.72. The van der Waals surface area contributed by atoms with Crippen molar-refractivity contribution in [3.8, 4) is 0 Å². The summed E-state index contributed by atoms with van der Waals surface area (Å²) in [7, 11) is 2.28. The van der Waals surface area contributed by atoms with Crippen LogP contribution >= 0.6 is 0 Å². The van der Waals surface area contributed by atoms with E-state index < -0.39 is 0 Å². The molecule has 0 aromatic carbocycles. The Kier molecular flexibility index (Phi) is 5.94. The summed E-state index contributed by atoms with van der Waals surface area (Å²) in [5, 5.41) is 3.72. The second-order valence-corrected chi connectivity index (χ2v) is 7.01. The summed E-state index contributed by atoms with van der Waals surface area (Å²) in [5.41, 5.74) is 0.416. The molecular formula is C15H32N2. The van der Waals surface area contributed by atoms with E-state index in [0.717, 1.165) is 12.0 Å². The third kappa shape index (κ3) is 5.87. The molecule has 2 atom stereocenters. The highest BCUT2D eigenvalue weighted by Gasteiger charge is 2.28. The summed E-state index contributed by atoms with van der Waals surface area (Å²) < 4.78 is 0. The largest absolute Gasteiger partial charge is 0.314 e. The van der Waals surface area contributed by atoms with Crippen LogP contribution in [0.2, 0.25) is 0 Å². The van der Waals surface area contributed by atoms with Gasteiger partial charge in [-0.25, -0.2) is 0 Å². The van der Waals surface area contributed by atoms with Gasteiger partial charge in [-0.1, -0.05) is 34.1 Å². The van der Waals surface area contributed by atoms with Crippen LogP contribution in [0.25, 0.3) is 0 Å². The highest BCUT2D eigenvalue weighted by atomic mass is 15.1. The van der Waals surface area contributed by atoms with Crippen molar-refractivity contribution >= 4 is 0 Å². The van der Waals surface area contributed by atoms with Crippen LogP contribution in [0.4, 0.5) is 0 Å². The average molecular weight is 240 g/mol. The lowest BCUT2D eigenvalue weighted by molar-refractivity contribution is 0.188. The van der Waals surface area contributed by atoms with Crippen LogP contribution in [0.1, 0.15) is 53.4 Å². The first-order valence-corrected chi connectivity index (χ1v) is 7.34. The fraction of sp³-hybridized carbons (Fsp3) is 1.00. The van der Waals surface area contributed by atoms with Crippen molar-refractivity contribution in [2.45, 2.75) is 59.4 Å². The third-order valence-corrected chi connectivity index (χ3v) is 3.61. The van der Waals surface area contributed by atoms with Gasteiger partial charge in [-0.05, 0) is 44.2 Å². The molecule has 17 heavy (non-hydrogen) atoms. The van der Waals surface area contributed by atoms with Crippen LogP contribution in [-0.2, 0) is 0 Å². The molecule has 0 bridgehead atoms. The fourth-order valence-corrected chi connectivity index (χ4v) is 3.13. The first-order chi connectivity index (χ1) is 7.92. The van der Waals surface area contributed by atoms with E-state index in [-0.39, 0.29) is 0 Å². The first-order valence-electron chi connectivity index (χ1n) is 7.34. The molecule has 1 saturated carbocycles. The van der Waals surface area contributed by atoms with Crippen molar-refractivity contribution in [2.75, 3.05) is 26.7 Å². The average Bonchev–Trinajstić information content (AvgIpc) is 2.59. The van der Waals surface area contributed by atoms with Gasteiger partial charge in [0.15, 0.2) is 0 Å². The van der Waals surface area contributed by atoms with Gasteiger partial charge in [0.05, 0.1) is 0 Å². The zero-order chi connectivity index (χ0) is 12.9. The number of hydrogen-bond donors (Lipinski definition) is 1. The number of nitrogens with zero attached hydrogens (tertiary/aromatic N) is 1. The Labute approximate surface area is 108 Å². The highest BCUT2D eigenvalue weighted by molar-refractivity contribution is 4.85. The lowest BCUT2D eigenvalue weighted by Gasteiger charge is -2.31. The normalized spacial score (nSPS) is 25.8. The van der Waals surface area contributed by atoms with Crippen LogP contribution in [0.3, 0.4) is 0 Å². The molecule has 0 heterocycles. The molecule has 0 saturated heterocycles. The van der Waals surface area contributed by atoms with Crippen LogP contribution in [0.15, 0.2) is 0 Å². The van der Waals surface area contributed by atoms with Gasteiger partial charge in [-0.3, -0.25) is 0 Å². The third-order valence-electron chi connectivity index (χ3n) is 3.61. The minimum atomic E-state index is 0.416. The molecule has 1 fully saturated rings. The smallest absolute Gasteiger partial charge is 0.0107 e. The summed E-state index contributed by atoms with van der Waals surface area (Å²) in [6.45, 7) is 12.9. The van der Waals surface area contributed by atoms with Gasteiger partial charge in [0, 0.05) is 19.1 Å². The maximum Gasteiger partial charge on any atom is 0.0107 e. The molecule has 1 N–H and O–H groups in total. The highest BCUT2D eigenvalue weighted by Crippen LogP contribution is 2.27. The zero-order valence-electron chi connectivity index (χ0n) is 12.6. The van der Waals surface area contributed by atoms with E-state index in [2.05, 4.69) is 45.0 Å². The zero-order valence-corrected chi connectivity index (χ0v) is 12.6. The summed E-state index contributed by atoms with van der Waals surface area (Å²) in [6.07, 6.45) is 5.46. The molecule has 0 amide bonds. The molecule has 0 aromatic rings. The van der Waals surface area contributed by atoms with Gasteiger partial charge in [0.25, 0.3) is 0 Å². The van der Waals surface area contributed by atoms with E-state index in [1.807, 2.05) is 0 Å². The Bertz CT molecular complexity index is 207. The predicted molar refractivity (Wildman–Crippen MR) is 76.4 cm³/mol. The molecule has 0 aromatic heterocycles. The Morgan fingerprint density at radius 3 is 2.53 bits per heavy atom. The van der Waals surface area contributed by atoms with Crippen LogP contribution in [0, 0.1) is 11.3 Å². The first kappa shape index (κ1) is 15.0. The quantitative estimate of drug-likeness (QED) is 0.767. The maximum absolute atomic E-state index is 3.72. The molecule has 2 nitrogen and oxygen atoms in total. The Balaban J connectivity index is 2.33. The van der Waals surface area contributed by atoms with Gasteiger partial charge in [0.1, 0.15) is 0 Å². The van der Waals surface area contributed by atoms with Crippen molar-refractivity contribution in [3.05, 3.63) is 0 Å². The number of hydrogen-bond acceptors (Lipinski definition) is 2. The van der Waals surface area contributed by atoms with E-state index in [9.17, 15) is 0 Å². The molecular weight excluding hydrogens is 208 g/mol. The van der Waals surface area contributed by atoms with Gasteiger partial charge >= 0.3 is 0 Å². The van der Waals surface area contributed by atoms with Crippen LogP contribution in [-0.4, -0.2) is 37.6 Å². The van der Waals surface area contributed by atoms with Gasteiger partial charge in [-0.15, -0.1) is 0 Å². The van der Waals surface area contributed by atoms with E-state index in [1.54, 1.807) is 0 Å². The molecule has 2 unspecified atom stereocenters. The summed E-state index contributed by atoms with van der Waals surface area (Å²) >= 11 is 0. The minimum absolute atomic E-state index is 0.416. The van der Waals surface area contributed by atoms with E-state index in [0.29, 0.717) is 5.41 Å². The molecule has 2 heteroatoms. The van der Waals surface area contributed by atoms with Crippen molar-refractivity contribution < 1.29 is 0 Å². The Hall–Kier alpha value is -0.0800. The summed E-state index contributed by atoms with van der Waals surface area (Å²) in [4.78, 5) is 2.52. The van der Waals surface area contributed by atoms with E-state index >= 15 is 0 Å². The van der Waals surface area contributed by atoms with Crippen molar-refractivity contribution in [1.82, 2.24) is 10.2 Å². The van der Waals surface area contributed by atoms with Gasteiger partial charge in [0.2, 0.25) is 0 Å². The lowest BCUT2D eigenvalue weighted by Crippen LogP contribution is -2.40. The summed E-state index contributed by atoms with van der Waals surface area (Å²) in [5.74, 6) is 0.869. The topological polar surface area (TPSA) is 15.3 Å². The molecule has 1 aliphatic carbocycles. The van der Waals surface area contributed by atoms with Gasteiger partial charge in [-0.2, -0.15) is 0 Å². The van der Waals surface area contributed by atoms with Crippen molar-refractivity contribution in [1.29, 1.82) is 0 Å². The molecule has 102 valence electrons. The van der Waals surface area contributed by atoms with Crippen molar-refractivity contribution in [3.63, 3.8) is 0 Å². The molecule has 0 radical (unpaired) electrons. The summed E-state index contributed by atoms with van der Waals surface area (Å²) in [6, 6.07) is 0.775. The Morgan fingerprint density at radius 2 is 1.94 bits per heavy atom. The predicted octanol–water partition coefficient (Wildman–Crippen LogP) is 3.13. The minimum Gasteiger partial charge on any atom is -0.314 e. The van der Waals surface area contributed by atoms with Crippen LogP contribution < -0.4 is 5.32 Å². The van der Waals surface area contributed by atoms with Crippen molar-refractivity contribution in [2.24, 2.45) is 11.3 Å². The lowest BCUT2D eigenvalue weighted by atomic mass is 9.95. The Morgan fingerprint density at radius 1 is 1.24 bits per heavy atom. The SMILES string of the molecule is CCCNC1CCCC1CN(C)CC(C)(C)C.